The zero-order chi connectivity index (χ0) is 25.0. The van der Waals surface area contributed by atoms with Crippen LogP contribution in [0.25, 0.3) is 0 Å². The van der Waals surface area contributed by atoms with Crippen molar-refractivity contribution in [3.05, 3.63) is 0 Å². The van der Waals surface area contributed by atoms with Gasteiger partial charge in [-0.25, -0.2) is 0 Å². The third-order valence-corrected chi connectivity index (χ3v) is 11.1. The summed E-state index contributed by atoms with van der Waals surface area (Å²) in [5.41, 5.74) is -0.224. The van der Waals surface area contributed by atoms with E-state index in [1.807, 2.05) is 0 Å². The molecule has 0 saturated heterocycles. The predicted octanol–water partition coefficient (Wildman–Crippen LogP) is 2.95. The van der Waals surface area contributed by atoms with Crippen LogP contribution in [-0.4, -0.2) is 56.7 Å². The van der Waals surface area contributed by atoms with Gasteiger partial charge in [0.05, 0.1) is 18.3 Å². The Morgan fingerprint density at radius 1 is 1.00 bits per heavy atom. The molecule has 194 valence electrons. The molecule has 0 aromatic carbocycles. The quantitative estimate of drug-likeness (QED) is 0.399. The maximum atomic E-state index is 12.3. The summed E-state index contributed by atoms with van der Waals surface area (Å²) in [6, 6.07) is -0.896. The fourth-order valence-electron chi connectivity index (χ4n) is 9.07. The number of aliphatic hydroxyl groups excluding tert-OH is 3. The monoisotopic (exact) mass is 479 g/mol. The number of carboxylic acid groups (broad SMARTS) is 1. The topological polar surface area (TPSA) is 127 Å². The van der Waals surface area contributed by atoms with Crippen LogP contribution in [-0.2, 0) is 9.59 Å². The summed E-state index contributed by atoms with van der Waals surface area (Å²) in [5.74, 6) is 0.237. The van der Waals surface area contributed by atoms with Crippen molar-refractivity contribution in [2.45, 2.75) is 110 Å². The number of carboxylic acids is 1. The third kappa shape index (κ3) is 4.20. The first-order chi connectivity index (χ1) is 15.9. The molecule has 0 heterocycles. The van der Waals surface area contributed by atoms with Crippen LogP contribution in [0, 0.1) is 46.3 Å². The Morgan fingerprint density at radius 3 is 2.38 bits per heavy atom. The van der Waals surface area contributed by atoms with E-state index in [0.29, 0.717) is 18.8 Å². The Balaban J connectivity index is 1.48. The minimum atomic E-state index is -1.04. The van der Waals surface area contributed by atoms with Crippen LogP contribution in [0.5, 0.6) is 0 Å². The molecule has 0 radical (unpaired) electrons. The molecule has 4 fully saturated rings. The van der Waals surface area contributed by atoms with Crippen molar-refractivity contribution in [1.29, 1.82) is 0 Å². The van der Waals surface area contributed by atoms with Crippen molar-refractivity contribution in [1.82, 2.24) is 5.32 Å². The fraction of sp³-hybridized carbons (Fsp3) is 0.926. The summed E-state index contributed by atoms with van der Waals surface area (Å²) in [6.07, 6.45) is 5.82. The highest BCUT2D eigenvalue weighted by Gasteiger charge is 2.65. The fourth-order valence-corrected chi connectivity index (χ4v) is 9.07. The van der Waals surface area contributed by atoms with Crippen molar-refractivity contribution < 1.29 is 30.0 Å². The summed E-state index contributed by atoms with van der Waals surface area (Å²) >= 11 is 0. The highest BCUT2D eigenvalue weighted by Crippen LogP contribution is 2.68. The number of aliphatic hydroxyl groups is 3. The predicted molar refractivity (Wildman–Crippen MR) is 128 cm³/mol. The zero-order valence-electron chi connectivity index (χ0n) is 21.2. The van der Waals surface area contributed by atoms with Crippen LogP contribution in [0.1, 0.15) is 85.5 Å². The number of nitrogens with one attached hydrogen (secondary N) is 1. The van der Waals surface area contributed by atoms with Crippen LogP contribution < -0.4 is 5.32 Å². The SMILES string of the molecule is C[C@H](CCC(=O)N[C@H](C)C(=O)O)[C@H]1CC[C@H]2[C@@H]3[C@H](O)C[C@@H]4C[C@H](O)CC[C@]4(C)[C@H]3C[C@H](O)[C@]12C. The molecule has 0 unspecified atom stereocenters. The van der Waals surface area contributed by atoms with Crippen molar-refractivity contribution in [3.63, 3.8) is 0 Å². The summed E-state index contributed by atoms with van der Waals surface area (Å²) in [4.78, 5) is 23.3. The van der Waals surface area contributed by atoms with Gasteiger partial charge in [-0.15, -0.1) is 0 Å². The summed E-state index contributed by atoms with van der Waals surface area (Å²) in [6.45, 7) is 8.18. The number of rotatable bonds is 6. The number of aliphatic carboxylic acids is 1. The van der Waals surface area contributed by atoms with Crippen LogP contribution in [0.4, 0.5) is 0 Å². The molecule has 0 bridgehead atoms. The second-order valence-corrected chi connectivity index (χ2v) is 12.7. The third-order valence-electron chi connectivity index (χ3n) is 11.1. The second kappa shape index (κ2) is 9.36. The molecule has 4 aliphatic rings. The Kier molecular flexibility index (Phi) is 7.13. The highest BCUT2D eigenvalue weighted by atomic mass is 16.4. The van der Waals surface area contributed by atoms with Gasteiger partial charge in [0.25, 0.3) is 0 Å². The van der Waals surface area contributed by atoms with Gasteiger partial charge in [0.1, 0.15) is 6.04 Å². The van der Waals surface area contributed by atoms with Gasteiger partial charge < -0.3 is 25.7 Å². The molecule has 7 nitrogen and oxygen atoms in total. The molecule has 7 heteroatoms. The summed E-state index contributed by atoms with van der Waals surface area (Å²) < 4.78 is 0. The van der Waals surface area contributed by atoms with E-state index < -0.39 is 18.1 Å². The number of hydrogen-bond acceptors (Lipinski definition) is 5. The van der Waals surface area contributed by atoms with E-state index >= 15 is 0 Å². The van der Waals surface area contributed by atoms with E-state index in [4.69, 9.17) is 5.11 Å². The van der Waals surface area contributed by atoms with E-state index in [9.17, 15) is 24.9 Å². The first-order valence-electron chi connectivity index (χ1n) is 13.5. The number of carbonyl (C=O) groups excluding carboxylic acids is 1. The molecule has 4 saturated carbocycles. The number of hydrogen-bond donors (Lipinski definition) is 5. The van der Waals surface area contributed by atoms with E-state index in [2.05, 4.69) is 26.1 Å². The Labute approximate surface area is 203 Å². The van der Waals surface area contributed by atoms with E-state index in [1.54, 1.807) is 0 Å². The van der Waals surface area contributed by atoms with Gasteiger partial charge in [-0.2, -0.15) is 0 Å². The van der Waals surface area contributed by atoms with E-state index in [0.717, 1.165) is 38.5 Å². The Morgan fingerprint density at radius 2 is 1.71 bits per heavy atom. The summed E-state index contributed by atoms with van der Waals surface area (Å²) in [5, 5.41) is 44.8. The molecule has 0 aromatic rings. The normalized spacial score (nSPS) is 47.6. The molecule has 5 N–H and O–H groups in total. The molecular weight excluding hydrogens is 434 g/mol. The average Bonchev–Trinajstić information content (AvgIpc) is 3.12. The van der Waals surface area contributed by atoms with Crippen LogP contribution in [0.2, 0.25) is 0 Å². The minimum Gasteiger partial charge on any atom is -0.480 e. The maximum Gasteiger partial charge on any atom is 0.325 e. The summed E-state index contributed by atoms with van der Waals surface area (Å²) in [7, 11) is 0. The largest absolute Gasteiger partial charge is 0.480 e. The first kappa shape index (κ1) is 25.9. The second-order valence-electron chi connectivity index (χ2n) is 12.7. The maximum absolute atomic E-state index is 12.3. The lowest BCUT2D eigenvalue weighted by atomic mass is 9.43. The van der Waals surface area contributed by atoms with Gasteiger partial charge in [-0.3, -0.25) is 9.59 Å². The van der Waals surface area contributed by atoms with E-state index in [1.165, 1.54) is 6.92 Å². The molecule has 4 rings (SSSR count). The van der Waals surface area contributed by atoms with Gasteiger partial charge in [0.2, 0.25) is 5.91 Å². The van der Waals surface area contributed by atoms with Crippen LogP contribution in [0.15, 0.2) is 0 Å². The Bertz CT molecular complexity index is 789. The smallest absolute Gasteiger partial charge is 0.325 e. The lowest BCUT2D eigenvalue weighted by Gasteiger charge is -2.63. The lowest BCUT2D eigenvalue weighted by Crippen LogP contribution is -2.62. The highest BCUT2D eigenvalue weighted by molar-refractivity contribution is 5.83. The van der Waals surface area contributed by atoms with Crippen LogP contribution >= 0.6 is 0 Å². The molecule has 0 aliphatic heterocycles. The van der Waals surface area contributed by atoms with Crippen LogP contribution in [0.3, 0.4) is 0 Å². The number of amides is 1. The minimum absolute atomic E-state index is 0.0636. The molecular formula is C27H45NO6. The standard InChI is InChI=1S/C27H45NO6/c1-14(5-8-23(32)28-15(2)25(33)34)18-6-7-19-24-20(13-22(31)27(18,19)4)26(3)10-9-17(29)11-16(26)12-21(24)30/h14-22,24,29-31H,5-13H2,1-4H3,(H,28,32)(H,33,34)/t14-,15-,16+,17-,18-,19+,20+,21-,22+,24+,26+,27-/m1/s1. The van der Waals surface area contributed by atoms with Gasteiger partial charge >= 0.3 is 5.97 Å². The van der Waals surface area contributed by atoms with Gasteiger partial charge in [0.15, 0.2) is 0 Å². The molecule has 34 heavy (non-hydrogen) atoms. The van der Waals surface area contributed by atoms with Gasteiger partial charge in [-0.1, -0.05) is 20.8 Å². The number of fused-ring (bicyclic) bond motifs is 5. The van der Waals surface area contributed by atoms with Crippen molar-refractivity contribution in [2.24, 2.45) is 46.3 Å². The average molecular weight is 480 g/mol. The molecule has 1 amide bonds. The zero-order valence-corrected chi connectivity index (χ0v) is 21.2. The molecule has 0 spiro atoms. The van der Waals surface area contributed by atoms with Crippen molar-refractivity contribution in [2.75, 3.05) is 0 Å². The molecule has 0 aromatic heterocycles. The van der Waals surface area contributed by atoms with Gasteiger partial charge in [0, 0.05) is 6.42 Å². The van der Waals surface area contributed by atoms with Gasteiger partial charge in [-0.05, 0) is 105 Å². The first-order valence-corrected chi connectivity index (χ1v) is 13.5. The Hall–Kier alpha value is -1.18. The van der Waals surface area contributed by atoms with E-state index in [-0.39, 0.29) is 65.0 Å². The molecule has 4 aliphatic carbocycles. The lowest BCUT2D eigenvalue weighted by molar-refractivity contribution is -0.207. The van der Waals surface area contributed by atoms with Crippen molar-refractivity contribution >= 4 is 11.9 Å². The number of carbonyl (C=O) groups is 2. The molecule has 12 atom stereocenters. The van der Waals surface area contributed by atoms with Crippen molar-refractivity contribution in [3.8, 4) is 0 Å².